The van der Waals surface area contributed by atoms with Gasteiger partial charge in [0.05, 0.1) is 10.6 Å². The van der Waals surface area contributed by atoms with Crippen molar-refractivity contribution in [2.75, 3.05) is 22.6 Å². The molecule has 10 nitrogen and oxygen atoms in total. The van der Waals surface area contributed by atoms with Crippen LogP contribution in [0.25, 0.3) is 0 Å². The standard InChI is InChI=1S/C23H17ClF3N7O3/c1-2-9-37-22(36)32-20-19-18(28-11-29-20)17(33-34-19)12-3-5-13(6-4-12)30-21(35)31-14-7-8-16(24)15(10-14)23(25,26)27/h2-8,10-11,17H,1,9H2,(H2,30,31,35)(H,28,29,32,36). The Hall–Kier alpha value is -4.52. The highest BCUT2D eigenvalue weighted by Gasteiger charge is 2.33. The third-order valence-electron chi connectivity index (χ3n) is 4.95. The lowest BCUT2D eigenvalue weighted by Crippen LogP contribution is -2.20. The number of hydrogen-bond donors (Lipinski definition) is 3. The van der Waals surface area contributed by atoms with Gasteiger partial charge in [0.25, 0.3) is 0 Å². The largest absolute Gasteiger partial charge is 0.445 e. The molecular weight excluding hydrogens is 515 g/mol. The molecule has 3 aromatic rings. The van der Waals surface area contributed by atoms with Crippen molar-refractivity contribution >= 4 is 46.6 Å². The summed E-state index contributed by atoms with van der Waals surface area (Å²) >= 11 is 5.60. The number of azo groups is 1. The minimum atomic E-state index is -4.66. The molecule has 3 amide bonds. The van der Waals surface area contributed by atoms with E-state index in [0.717, 1.165) is 12.1 Å². The molecular formula is C23H17ClF3N7O3. The smallest absolute Gasteiger partial charge is 0.417 e. The number of hydrogen-bond acceptors (Lipinski definition) is 7. The third-order valence-corrected chi connectivity index (χ3v) is 5.28. The van der Waals surface area contributed by atoms with Crippen LogP contribution in [0, 0.1) is 0 Å². The van der Waals surface area contributed by atoms with Crippen LogP contribution >= 0.6 is 11.6 Å². The molecule has 3 N–H and O–H groups in total. The van der Waals surface area contributed by atoms with Gasteiger partial charge in [-0.3, -0.25) is 5.32 Å². The predicted octanol–water partition coefficient (Wildman–Crippen LogP) is 6.71. The van der Waals surface area contributed by atoms with Crippen molar-refractivity contribution in [1.29, 1.82) is 0 Å². The number of anilines is 3. The molecule has 1 aliphatic heterocycles. The fraction of sp³-hybridized carbons (Fsp3) is 0.130. The average Bonchev–Trinajstić information content (AvgIpc) is 3.29. The minimum Gasteiger partial charge on any atom is -0.445 e. The predicted molar refractivity (Wildman–Crippen MR) is 129 cm³/mol. The maximum absolute atomic E-state index is 13.0. The Morgan fingerprint density at radius 1 is 1.05 bits per heavy atom. The number of nitrogens with zero attached hydrogens (tertiary/aromatic N) is 4. The summed E-state index contributed by atoms with van der Waals surface area (Å²) in [5.41, 5.74) is 0.655. The number of halogens is 4. The van der Waals surface area contributed by atoms with Crippen molar-refractivity contribution in [3.63, 3.8) is 0 Å². The van der Waals surface area contributed by atoms with Crippen molar-refractivity contribution in [1.82, 2.24) is 9.97 Å². The van der Waals surface area contributed by atoms with E-state index in [1.165, 1.54) is 18.5 Å². The Morgan fingerprint density at radius 2 is 1.76 bits per heavy atom. The molecule has 4 rings (SSSR count). The lowest BCUT2D eigenvalue weighted by atomic mass is 10.0. The normalized spacial score (nSPS) is 14.0. The van der Waals surface area contributed by atoms with E-state index in [1.54, 1.807) is 24.3 Å². The lowest BCUT2D eigenvalue weighted by molar-refractivity contribution is -0.137. The number of ether oxygens (including phenoxy) is 1. The zero-order valence-electron chi connectivity index (χ0n) is 18.7. The number of aromatic nitrogens is 2. The maximum Gasteiger partial charge on any atom is 0.417 e. The molecule has 0 saturated carbocycles. The SMILES string of the molecule is C=CCOC(=O)Nc1ncnc2c1N=NC2c1ccc(NC(=O)Nc2ccc(Cl)c(C(F)(F)F)c2)cc1. The Kier molecular flexibility index (Phi) is 7.34. The summed E-state index contributed by atoms with van der Waals surface area (Å²) in [5, 5.41) is 15.2. The highest BCUT2D eigenvalue weighted by atomic mass is 35.5. The lowest BCUT2D eigenvalue weighted by Gasteiger charge is -2.13. The zero-order valence-corrected chi connectivity index (χ0v) is 19.5. The van der Waals surface area contributed by atoms with Crippen LogP contribution in [0.2, 0.25) is 5.02 Å². The van der Waals surface area contributed by atoms with Crippen molar-refractivity contribution in [3.05, 3.63) is 83.3 Å². The molecule has 2 heterocycles. The summed E-state index contributed by atoms with van der Waals surface area (Å²) in [6.07, 6.45) is -2.72. The molecule has 1 unspecified atom stereocenters. The number of amides is 3. The van der Waals surface area contributed by atoms with E-state index >= 15 is 0 Å². The first kappa shape index (κ1) is 25.6. The number of nitrogens with one attached hydrogen (secondary N) is 3. The van der Waals surface area contributed by atoms with Gasteiger partial charge in [-0.15, -0.1) is 5.11 Å². The van der Waals surface area contributed by atoms with E-state index in [1.807, 2.05) is 0 Å². The number of urea groups is 1. The molecule has 0 radical (unpaired) electrons. The summed E-state index contributed by atoms with van der Waals surface area (Å²) in [4.78, 5) is 32.3. The summed E-state index contributed by atoms with van der Waals surface area (Å²) in [6, 6.07) is 8.23. The second-order valence-corrected chi connectivity index (χ2v) is 7.89. The zero-order chi connectivity index (χ0) is 26.6. The van der Waals surface area contributed by atoms with Crippen LogP contribution in [0.4, 0.5) is 45.6 Å². The highest BCUT2D eigenvalue weighted by molar-refractivity contribution is 6.31. The van der Waals surface area contributed by atoms with Crippen LogP contribution in [0.1, 0.15) is 22.9 Å². The number of carbonyl (C=O) groups is 2. The van der Waals surface area contributed by atoms with Gasteiger partial charge in [0.1, 0.15) is 24.7 Å². The Labute approximate surface area is 212 Å². The van der Waals surface area contributed by atoms with Gasteiger partial charge in [0.2, 0.25) is 0 Å². The summed E-state index contributed by atoms with van der Waals surface area (Å²) in [7, 11) is 0. The summed E-state index contributed by atoms with van der Waals surface area (Å²) in [6.45, 7) is 3.49. The molecule has 0 bridgehead atoms. The first-order chi connectivity index (χ1) is 17.7. The monoisotopic (exact) mass is 531 g/mol. The molecule has 0 spiro atoms. The van der Waals surface area contributed by atoms with E-state index < -0.39 is 34.9 Å². The van der Waals surface area contributed by atoms with Crippen molar-refractivity contribution in [2.45, 2.75) is 12.2 Å². The number of fused-ring (bicyclic) bond motifs is 1. The Bertz CT molecular complexity index is 1380. The molecule has 37 heavy (non-hydrogen) atoms. The van der Waals surface area contributed by atoms with Gasteiger partial charge >= 0.3 is 18.3 Å². The van der Waals surface area contributed by atoms with Crippen LogP contribution in [0.5, 0.6) is 0 Å². The van der Waals surface area contributed by atoms with Gasteiger partial charge < -0.3 is 15.4 Å². The van der Waals surface area contributed by atoms with Crippen molar-refractivity contribution in [2.24, 2.45) is 10.2 Å². The second-order valence-electron chi connectivity index (χ2n) is 7.48. The maximum atomic E-state index is 13.0. The molecule has 0 fully saturated rings. The fourth-order valence-electron chi connectivity index (χ4n) is 3.31. The van der Waals surface area contributed by atoms with E-state index in [4.69, 9.17) is 16.3 Å². The molecule has 0 aliphatic carbocycles. The van der Waals surface area contributed by atoms with Gasteiger partial charge in [-0.05, 0) is 35.9 Å². The summed E-state index contributed by atoms with van der Waals surface area (Å²) < 4.78 is 44.0. The fourth-order valence-corrected chi connectivity index (χ4v) is 3.53. The van der Waals surface area contributed by atoms with E-state index in [9.17, 15) is 22.8 Å². The Balaban J connectivity index is 1.42. The first-order valence-electron chi connectivity index (χ1n) is 10.5. The van der Waals surface area contributed by atoms with E-state index in [-0.39, 0.29) is 23.8 Å². The van der Waals surface area contributed by atoms with Gasteiger partial charge in [0, 0.05) is 11.4 Å². The first-order valence-corrected chi connectivity index (χ1v) is 10.9. The molecule has 1 atom stereocenters. The van der Waals surface area contributed by atoms with Crippen LogP contribution < -0.4 is 16.0 Å². The molecule has 0 saturated heterocycles. The number of rotatable bonds is 6. The van der Waals surface area contributed by atoms with Crippen molar-refractivity contribution < 1.29 is 27.5 Å². The van der Waals surface area contributed by atoms with Gasteiger partial charge in [-0.25, -0.2) is 19.6 Å². The molecule has 1 aromatic heterocycles. The summed E-state index contributed by atoms with van der Waals surface area (Å²) in [5.74, 6) is 0.135. The van der Waals surface area contributed by atoms with Crippen LogP contribution in [-0.4, -0.2) is 28.7 Å². The van der Waals surface area contributed by atoms with Crippen LogP contribution in [0.3, 0.4) is 0 Å². The number of alkyl halides is 3. The third kappa shape index (κ3) is 6.01. The second kappa shape index (κ2) is 10.6. The van der Waals surface area contributed by atoms with Crippen LogP contribution in [-0.2, 0) is 10.9 Å². The van der Waals surface area contributed by atoms with Gasteiger partial charge in [-0.1, -0.05) is 36.4 Å². The topological polar surface area (TPSA) is 130 Å². The Morgan fingerprint density at radius 3 is 2.46 bits per heavy atom. The van der Waals surface area contributed by atoms with Gasteiger partial charge in [0.15, 0.2) is 11.5 Å². The number of benzene rings is 2. The molecule has 2 aromatic carbocycles. The highest BCUT2D eigenvalue weighted by Crippen LogP contribution is 2.42. The van der Waals surface area contributed by atoms with E-state index in [0.29, 0.717) is 16.9 Å². The van der Waals surface area contributed by atoms with E-state index in [2.05, 4.69) is 42.7 Å². The quantitative estimate of drug-likeness (QED) is 0.304. The van der Waals surface area contributed by atoms with Crippen molar-refractivity contribution in [3.8, 4) is 0 Å². The number of carbonyl (C=O) groups excluding carboxylic acids is 2. The van der Waals surface area contributed by atoms with Crippen LogP contribution in [0.15, 0.2) is 71.7 Å². The molecule has 1 aliphatic rings. The molecule has 190 valence electrons. The van der Waals surface area contributed by atoms with Gasteiger partial charge in [-0.2, -0.15) is 18.3 Å². The average molecular weight is 532 g/mol. The molecule has 14 heteroatoms. The minimum absolute atomic E-state index is 0.0238.